The molecule has 1 amide bonds. The summed E-state index contributed by atoms with van der Waals surface area (Å²) in [6.07, 6.45) is 0. The van der Waals surface area contributed by atoms with Gasteiger partial charge in [0, 0.05) is 25.0 Å². The van der Waals surface area contributed by atoms with Gasteiger partial charge in [0.2, 0.25) is 5.91 Å². The van der Waals surface area contributed by atoms with Crippen LogP contribution in [-0.4, -0.2) is 19.5 Å². The van der Waals surface area contributed by atoms with E-state index in [1.54, 1.807) is 12.1 Å². The van der Waals surface area contributed by atoms with Crippen LogP contribution in [0.1, 0.15) is 5.56 Å². The van der Waals surface area contributed by atoms with Gasteiger partial charge in [0.15, 0.2) is 0 Å². The first kappa shape index (κ1) is 15.0. The Bertz CT molecular complexity index is 630. The van der Waals surface area contributed by atoms with E-state index in [0.717, 1.165) is 11.3 Å². The van der Waals surface area contributed by atoms with Crippen LogP contribution in [0.4, 0.5) is 15.8 Å². The molecule has 0 aliphatic rings. The van der Waals surface area contributed by atoms with E-state index in [2.05, 4.69) is 5.32 Å². The molecule has 2 rings (SSSR count). The zero-order valence-corrected chi connectivity index (χ0v) is 11.8. The molecule has 110 valence electrons. The van der Waals surface area contributed by atoms with Gasteiger partial charge in [0.25, 0.3) is 0 Å². The van der Waals surface area contributed by atoms with Gasteiger partial charge >= 0.3 is 0 Å². The van der Waals surface area contributed by atoms with E-state index in [9.17, 15) is 9.18 Å². The lowest BCUT2D eigenvalue weighted by molar-refractivity contribution is -0.114. The number of hydrogen-bond donors (Lipinski definition) is 2. The molecule has 0 saturated carbocycles. The van der Waals surface area contributed by atoms with Crippen molar-refractivity contribution >= 4 is 17.3 Å². The van der Waals surface area contributed by atoms with Crippen molar-refractivity contribution in [1.82, 2.24) is 0 Å². The maximum absolute atomic E-state index is 13.1. The fourth-order valence-corrected chi connectivity index (χ4v) is 2.12. The predicted octanol–water partition coefficient (Wildman–Crippen LogP) is 2.36. The maximum Gasteiger partial charge on any atom is 0.243 e. The first-order chi connectivity index (χ1) is 10.1. The molecule has 0 heterocycles. The van der Waals surface area contributed by atoms with E-state index in [1.165, 1.54) is 12.1 Å². The molecular weight excluding hydrogens is 269 g/mol. The minimum atomic E-state index is -0.380. The fourth-order valence-electron chi connectivity index (χ4n) is 2.12. The van der Waals surface area contributed by atoms with Crippen molar-refractivity contribution in [3.05, 3.63) is 59.9 Å². The van der Waals surface area contributed by atoms with Gasteiger partial charge in [-0.2, -0.15) is 0 Å². The average molecular weight is 287 g/mol. The topological polar surface area (TPSA) is 58.4 Å². The Hall–Kier alpha value is -2.40. The van der Waals surface area contributed by atoms with Crippen molar-refractivity contribution in [3.8, 4) is 0 Å². The Morgan fingerprint density at radius 2 is 2.00 bits per heavy atom. The number of nitrogens with zero attached hydrogens (tertiary/aromatic N) is 1. The van der Waals surface area contributed by atoms with E-state index in [0.29, 0.717) is 12.2 Å². The van der Waals surface area contributed by atoms with Crippen molar-refractivity contribution in [2.24, 2.45) is 5.73 Å². The van der Waals surface area contributed by atoms with Gasteiger partial charge in [-0.15, -0.1) is 0 Å². The summed E-state index contributed by atoms with van der Waals surface area (Å²) >= 11 is 0. The number of hydrogen-bond acceptors (Lipinski definition) is 3. The van der Waals surface area contributed by atoms with Crippen LogP contribution < -0.4 is 16.0 Å². The van der Waals surface area contributed by atoms with E-state index in [-0.39, 0.29) is 18.3 Å². The monoisotopic (exact) mass is 287 g/mol. The normalized spacial score (nSPS) is 10.2. The van der Waals surface area contributed by atoms with Gasteiger partial charge in [-0.3, -0.25) is 4.79 Å². The molecule has 21 heavy (non-hydrogen) atoms. The number of rotatable bonds is 5. The number of carbonyl (C=O) groups is 1. The van der Waals surface area contributed by atoms with Crippen molar-refractivity contribution in [3.63, 3.8) is 0 Å². The highest BCUT2D eigenvalue weighted by Gasteiger charge is 2.10. The third-order valence-electron chi connectivity index (χ3n) is 3.11. The van der Waals surface area contributed by atoms with E-state index >= 15 is 0 Å². The van der Waals surface area contributed by atoms with Crippen LogP contribution in [0.5, 0.6) is 0 Å². The number of benzene rings is 2. The van der Waals surface area contributed by atoms with E-state index in [1.807, 2.05) is 36.2 Å². The third kappa shape index (κ3) is 4.03. The van der Waals surface area contributed by atoms with E-state index in [4.69, 9.17) is 5.73 Å². The third-order valence-corrected chi connectivity index (χ3v) is 3.11. The number of para-hydroxylation sites is 1. The van der Waals surface area contributed by atoms with Crippen molar-refractivity contribution < 1.29 is 9.18 Å². The van der Waals surface area contributed by atoms with Crippen LogP contribution >= 0.6 is 0 Å². The summed E-state index contributed by atoms with van der Waals surface area (Å²) in [7, 11) is 1.82. The summed E-state index contributed by atoms with van der Waals surface area (Å²) < 4.78 is 13.1. The zero-order valence-electron chi connectivity index (χ0n) is 11.8. The Kier molecular flexibility index (Phi) is 4.90. The van der Waals surface area contributed by atoms with Gasteiger partial charge in [-0.25, -0.2) is 4.39 Å². The molecule has 0 saturated heterocycles. The molecule has 4 nitrogen and oxygen atoms in total. The van der Waals surface area contributed by atoms with Gasteiger partial charge < -0.3 is 16.0 Å². The molecule has 2 aromatic rings. The van der Waals surface area contributed by atoms with Crippen LogP contribution in [0.2, 0.25) is 0 Å². The van der Waals surface area contributed by atoms with Gasteiger partial charge in [0.1, 0.15) is 5.82 Å². The molecule has 0 spiro atoms. The molecule has 2 aromatic carbocycles. The summed E-state index contributed by atoms with van der Waals surface area (Å²) in [6, 6.07) is 13.5. The Morgan fingerprint density at radius 1 is 1.24 bits per heavy atom. The number of nitrogens with one attached hydrogen (secondary N) is 1. The first-order valence-electron chi connectivity index (χ1n) is 6.64. The van der Waals surface area contributed by atoms with Crippen LogP contribution in [0, 0.1) is 5.82 Å². The number of likely N-dealkylation sites (N-methyl/N-ethyl adjacent to an activating group) is 1. The van der Waals surface area contributed by atoms with Crippen molar-refractivity contribution in [2.45, 2.75) is 6.54 Å². The quantitative estimate of drug-likeness (QED) is 0.887. The first-order valence-corrected chi connectivity index (χ1v) is 6.64. The highest BCUT2D eigenvalue weighted by Crippen LogP contribution is 2.18. The average Bonchev–Trinajstić information content (AvgIpc) is 2.47. The van der Waals surface area contributed by atoms with Gasteiger partial charge in [0.05, 0.1) is 6.54 Å². The second kappa shape index (κ2) is 6.85. The summed E-state index contributed by atoms with van der Waals surface area (Å²) in [4.78, 5) is 13.8. The van der Waals surface area contributed by atoms with Crippen molar-refractivity contribution in [1.29, 1.82) is 0 Å². The molecule has 0 aliphatic heterocycles. The number of nitrogens with two attached hydrogens (primary N) is 1. The number of amides is 1. The lowest BCUT2D eigenvalue weighted by atomic mass is 10.1. The Labute approximate surface area is 123 Å². The molecule has 0 atom stereocenters. The molecule has 0 fully saturated rings. The molecule has 0 unspecified atom stereocenters. The minimum absolute atomic E-state index is 0.160. The summed E-state index contributed by atoms with van der Waals surface area (Å²) in [5, 5.41) is 2.67. The highest BCUT2D eigenvalue weighted by atomic mass is 19.1. The molecule has 0 bridgehead atoms. The number of carbonyl (C=O) groups excluding carboxylic acids is 1. The molecule has 0 aromatic heterocycles. The smallest absolute Gasteiger partial charge is 0.243 e. The molecular formula is C16H18FN3O. The molecule has 0 aliphatic carbocycles. The summed E-state index contributed by atoms with van der Waals surface area (Å²) in [6.45, 7) is 0.569. The van der Waals surface area contributed by atoms with Crippen LogP contribution in [0.25, 0.3) is 0 Å². The number of anilines is 2. The van der Waals surface area contributed by atoms with E-state index < -0.39 is 0 Å². The molecule has 5 heteroatoms. The highest BCUT2D eigenvalue weighted by molar-refractivity contribution is 5.94. The minimum Gasteiger partial charge on any atom is -0.365 e. The van der Waals surface area contributed by atoms with Gasteiger partial charge in [-0.1, -0.05) is 24.3 Å². The summed E-state index contributed by atoms with van der Waals surface area (Å²) in [5.74, 6) is -0.593. The predicted molar refractivity (Wildman–Crippen MR) is 82.6 cm³/mol. The molecule has 3 N–H and O–H groups in total. The maximum atomic E-state index is 13.1. The molecule has 0 radical (unpaired) electrons. The van der Waals surface area contributed by atoms with Crippen LogP contribution in [0.3, 0.4) is 0 Å². The van der Waals surface area contributed by atoms with Gasteiger partial charge in [-0.05, 0) is 29.8 Å². The van der Waals surface area contributed by atoms with Crippen molar-refractivity contribution in [2.75, 3.05) is 23.8 Å². The van der Waals surface area contributed by atoms with Crippen LogP contribution in [0.15, 0.2) is 48.5 Å². The fraction of sp³-hybridized carbons (Fsp3) is 0.188. The number of halogens is 1. The Balaban J connectivity index is 2.02. The second-order valence-electron chi connectivity index (χ2n) is 4.75. The van der Waals surface area contributed by atoms with Crippen LogP contribution in [-0.2, 0) is 11.3 Å². The lowest BCUT2D eigenvalue weighted by Crippen LogP contribution is -2.30. The standard InChI is InChI=1S/C16H18FN3O/c1-20(15-8-3-2-5-12(15)10-18)11-16(21)19-14-7-4-6-13(17)9-14/h2-9H,10-11,18H2,1H3,(H,19,21). The Morgan fingerprint density at radius 3 is 2.71 bits per heavy atom. The second-order valence-corrected chi connectivity index (χ2v) is 4.75. The lowest BCUT2D eigenvalue weighted by Gasteiger charge is -2.21. The zero-order chi connectivity index (χ0) is 15.2. The SMILES string of the molecule is CN(CC(=O)Nc1cccc(F)c1)c1ccccc1CN. The largest absolute Gasteiger partial charge is 0.365 e. The summed E-state index contributed by atoms with van der Waals surface area (Å²) in [5.41, 5.74) is 8.02.